The zero-order chi connectivity index (χ0) is 15.5. The molecule has 1 N–H and O–H groups in total. The first kappa shape index (κ1) is 15.0. The van der Waals surface area contributed by atoms with Crippen molar-refractivity contribution in [3.8, 4) is 5.75 Å². The third-order valence-corrected chi connectivity index (χ3v) is 4.46. The Bertz CT molecular complexity index is 609. The molecule has 0 aliphatic carbocycles. The summed E-state index contributed by atoms with van der Waals surface area (Å²) in [4.78, 5) is 6.80. The van der Waals surface area contributed by atoms with Gasteiger partial charge in [-0.15, -0.1) is 0 Å². The molecular formula is C17H24N4O. The van der Waals surface area contributed by atoms with Crippen molar-refractivity contribution in [2.45, 2.75) is 45.2 Å². The fraction of sp³-hybridized carbons (Fsp3) is 0.529. The molecule has 1 aliphatic heterocycles. The molecule has 118 valence electrons. The summed E-state index contributed by atoms with van der Waals surface area (Å²) in [7, 11) is 1.74. The summed E-state index contributed by atoms with van der Waals surface area (Å²) >= 11 is 0. The smallest absolute Gasteiger partial charge is 0.141 e. The molecule has 1 aromatic heterocycles. The standard InChI is InChI=1S/C17H24N4O/c1-12(2)13-6-7-16(22-3)14(9-13)10-21-8-4-5-15(21)17-18-11-19-20-17/h6-7,9,11-12,15H,4-5,8,10H2,1-3H3,(H,18,19,20)/t15-/m0/s1. The van der Waals surface area contributed by atoms with Crippen LogP contribution in [-0.4, -0.2) is 33.7 Å². The van der Waals surface area contributed by atoms with E-state index in [-0.39, 0.29) is 0 Å². The average molecular weight is 300 g/mol. The SMILES string of the molecule is COc1ccc(C(C)C)cc1CN1CCC[C@H]1c1ncn[nH]1. The van der Waals surface area contributed by atoms with Crippen LogP contribution in [0.15, 0.2) is 24.5 Å². The predicted molar refractivity (Wildman–Crippen MR) is 85.9 cm³/mol. The van der Waals surface area contributed by atoms with E-state index in [2.05, 4.69) is 52.1 Å². The van der Waals surface area contributed by atoms with Crippen LogP contribution in [0.4, 0.5) is 0 Å². The quantitative estimate of drug-likeness (QED) is 0.920. The summed E-state index contributed by atoms with van der Waals surface area (Å²) < 4.78 is 5.55. The van der Waals surface area contributed by atoms with Crippen molar-refractivity contribution in [1.82, 2.24) is 20.1 Å². The molecule has 1 atom stereocenters. The number of aromatic amines is 1. The lowest BCUT2D eigenvalue weighted by Gasteiger charge is -2.24. The van der Waals surface area contributed by atoms with Crippen LogP contribution >= 0.6 is 0 Å². The lowest BCUT2D eigenvalue weighted by Crippen LogP contribution is -2.24. The second-order valence-electron chi connectivity index (χ2n) is 6.23. The largest absolute Gasteiger partial charge is 0.496 e. The highest BCUT2D eigenvalue weighted by molar-refractivity contribution is 5.38. The van der Waals surface area contributed by atoms with Gasteiger partial charge >= 0.3 is 0 Å². The molecule has 22 heavy (non-hydrogen) atoms. The minimum absolute atomic E-state index is 0.329. The van der Waals surface area contributed by atoms with E-state index in [9.17, 15) is 0 Å². The number of hydrogen-bond donors (Lipinski definition) is 1. The Kier molecular flexibility index (Phi) is 4.43. The van der Waals surface area contributed by atoms with Crippen LogP contribution in [0.1, 0.15) is 55.6 Å². The van der Waals surface area contributed by atoms with E-state index in [0.29, 0.717) is 12.0 Å². The molecule has 1 saturated heterocycles. The van der Waals surface area contributed by atoms with Gasteiger partial charge in [0.25, 0.3) is 0 Å². The molecule has 1 fully saturated rings. The van der Waals surface area contributed by atoms with Crippen LogP contribution in [0.3, 0.4) is 0 Å². The van der Waals surface area contributed by atoms with E-state index in [1.165, 1.54) is 17.5 Å². The third-order valence-electron chi connectivity index (χ3n) is 4.46. The molecule has 0 unspecified atom stereocenters. The van der Waals surface area contributed by atoms with Gasteiger partial charge in [-0.3, -0.25) is 10.00 Å². The molecule has 0 saturated carbocycles. The Morgan fingerprint density at radius 3 is 2.95 bits per heavy atom. The summed E-state index contributed by atoms with van der Waals surface area (Å²) in [5.41, 5.74) is 2.60. The maximum absolute atomic E-state index is 5.55. The molecule has 2 aromatic rings. The van der Waals surface area contributed by atoms with Crippen molar-refractivity contribution < 1.29 is 4.74 Å². The van der Waals surface area contributed by atoms with E-state index >= 15 is 0 Å². The third kappa shape index (κ3) is 2.99. The fourth-order valence-electron chi connectivity index (χ4n) is 3.20. The van der Waals surface area contributed by atoms with Gasteiger partial charge in [0.15, 0.2) is 0 Å². The zero-order valence-corrected chi connectivity index (χ0v) is 13.5. The maximum Gasteiger partial charge on any atom is 0.141 e. The van der Waals surface area contributed by atoms with Crippen LogP contribution in [-0.2, 0) is 6.54 Å². The summed E-state index contributed by atoms with van der Waals surface area (Å²) in [5, 5.41) is 7.01. The number of nitrogens with zero attached hydrogens (tertiary/aromatic N) is 3. The minimum atomic E-state index is 0.329. The van der Waals surface area contributed by atoms with Crippen molar-refractivity contribution in [2.75, 3.05) is 13.7 Å². The van der Waals surface area contributed by atoms with E-state index in [1.54, 1.807) is 13.4 Å². The highest BCUT2D eigenvalue weighted by Gasteiger charge is 2.28. The second-order valence-corrected chi connectivity index (χ2v) is 6.23. The van der Waals surface area contributed by atoms with E-state index < -0.39 is 0 Å². The average Bonchev–Trinajstić information content (AvgIpc) is 3.17. The van der Waals surface area contributed by atoms with Crippen LogP contribution in [0, 0.1) is 0 Å². The molecule has 0 radical (unpaired) electrons. The fourth-order valence-corrected chi connectivity index (χ4v) is 3.20. The van der Waals surface area contributed by atoms with Gasteiger partial charge < -0.3 is 4.74 Å². The number of rotatable bonds is 5. The Morgan fingerprint density at radius 1 is 1.41 bits per heavy atom. The van der Waals surface area contributed by atoms with Gasteiger partial charge in [-0.25, -0.2) is 4.98 Å². The molecule has 0 amide bonds. The molecule has 5 nitrogen and oxygen atoms in total. The van der Waals surface area contributed by atoms with Crippen LogP contribution < -0.4 is 4.74 Å². The number of likely N-dealkylation sites (tertiary alicyclic amines) is 1. The number of hydrogen-bond acceptors (Lipinski definition) is 4. The Morgan fingerprint density at radius 2 is 2.27 bits per heavy atom. The molecule has 1 aromatic carbocycles. The monoisotopic (exact) mass is 300 g/mol. The minimum Gasteiger partial charge on any atom is -0.496 e. The second kappa shape index (κ2) is 6.48. The summed E-state index contributed by atoms with van der Waals surface area (Å²) in [5.74, 6) is 2.46. The van der Waals surface area contributed by atoms with Crippen molar-refractivity contribution >= 4 is 0 Å². The summed E-state index contributed by atoms with van der Waals surface area (Å²) in [6.45, 7) is 6.41. The van der Waals surface area contributed by atoms with Gasteiger partial charge in [0, 0.05) is 12.1 Å². The molecule has 0 bridgehead atoms. The van der Waals surface area contributed by atoms with Crippen molar-refractivity contribution in [2.24, 2.45) is 0 Å². The van der Waals surface area contributed by atoms with E-state index in [1.807, 2.05) is 0 Å². The first-order chi connectivity index (χ1) is 10.7. The maximum atomic E-state index is 5.55. The first-order valence-corrected chi connectivity index (χ1v) is 7.95. The number of aromatic nitrogens is 3. The van der Waals surface area contributed by atoms with Crippen LogP contribution in [0.25, 0.3) is 0 Å². The molecule has 0 spiro atoms. The Labute approximate surface area is 131 Å². The lowest BCUT2D eigenvalue weighted by molar-refractivity contribution is 0.236. The Balaban J connectivity index is 1.83. The van der Waals surface area contributed by atoms with Gasteiger partial charge in [-0.2, -0.15) is 5.10 Å². The highest BCUT2D eigenvalue weighted by atomic mass is 16.5. The van der Waals surface area contributed by atoms with Gasteiger partial charge in [0.1, 0.15) is 17.9 Å². The summed E-state index contributed by atoms with van der Waals surface area (Å²) in [6, 6.07) is 6.85. The molecule has 1 aliphatic rings. The normalized spacial score (nSPS) is 19.0. The topological polar surface area (TPSA) is 54.0 Å². The number of ether oxygens (including phenoxy) is 1. The van der Waals surface area contributed by atoms with Crippen molar-refractivity contribution in [3.63, 3.8) is 0 Å². The molecular weight excluding hydrogens is 276 g/mol. The lowest BCUT2D eigenvalue weighted by atomic mass is 10.00. The van der Waals surface area contributed by atoms with Gasteiger partial charge in [-0.1, -0.05) is 26.0 Å². The number of H-pyrrole nitrogens is 1. The van der Waals surface area contributed by atoms with Crippen molar-refractivity contribution in [3.05, 3.63) is 41.5 Å². The molecule has 5 heteroatoms. The van der Waals surface area contributed by atoms with Gasteiger partial charge in [0.2, 0.25) is 0 Å². The number of nitrogens with one attached hydrogen (secondary N) is 1. The van der Waals surface area contributed by atoms with Crippen LogP contribution in [0.2, 0.25) is 0 Å². The van der Waals surface area contributed by atoms with Crippen molar-refractivity contribution in [1.29, 1.82) is 0 Å². The Hall–Kier alpha value is -1.88. The highest BCUT2D eigenvalue weighted by Crippen LogP contribution is 2.33. The first-order valence-electron chi connectivity index (χ1n) is 7.95. The van der Waals surface area contributed by atoms with Crippen LogP contribution in [0.5, 0.6) is 5.75 Å². The van der Waals surface area contributed by atoms with Gasteiger partial charge in [-0.05, 0) is 36.9 Å². The molecule has 3 rings (SSSR count). The van der Waals surface area contributed by atoms with E-state index in [4.69, 9.17) is 4.74 Å². The predicted octanol–water partition coefficient (Wildman–Crippen LogP) is 3.27. The zero-order valence-electron chi connectivity index (χ0n) is 13.5. The van der Waals surface area contributed by atoms with E-state index in [0.717, 1.165) is 31.1 Å². The number of benzene rings is 1. The number of methoxy groups -OCH3 is 1. The van der Waals surface area contributed by atoms with Gasteiger partial charge in [0.05, 0.1) is 13.2 Å². The summed E-state index contributed by atoms with van der Waals surface area (Å²) in [6.07, 6.45) is 3.91. The molecule has 2 heterocycles.